The number of ketones is 1. The third-order valence-electron chi connectivity index (χ3n) is 3.16. The molecule has 1 N–H and O–H groups in total. The second kappa shape index (κ2) is 6.30. The topological polar surface area (TPSA) is 44.8 Å². The van der Waals surface area contributed by atoms with Crippen LogP contribution in [0.2, 0.25) is 0 Å². The Balaban J connectivity index is 1.69. The summed E-state index contributed by atoms with van der Waals surface area (Å²) in [6, 6.07) is 0. The molecule has 5 nitrogen and oxygen atoms in total. The minimum absolute atomic E-state index is 0.305. The average molecular weight is 227 g/mol. The largest absolute Gasteiger partial charge is 0.379 e. The summed E-state index contributed by atoms with van der Waals surface area (Å²) in [5.74, 6) is 0.305. The normalized spacial score (nSPS) is 25.6. The maximum Gasteiger partial charge on any atom is 0.160 e. The van der Waals surface area contributed by atoms with Gasteiger partial charge in [-0.1, -0.05) is 0 Å². The maximum atomic E-state index is 11.4. The number of Topliss-reactive ketones (excluding diaryl/α,β-unsaturated/α-hetero) is 1. The van der Waals surface area contributed by atoms with Gasteiger partial charge in [0.1, 0.15) is 0 Å². The van der Waals surface area contributed by atoms with Crippen LogP contribution in [0.1, 0.15) is 0 Å². The molecule has 0 spiro atoms. The third kappa shape index (κ3) is 3.83. The Morgan fingerprint density at radius 3 is 2.69 bits per heavy atom. The highest BCUT2D eigenvalue weighted by atomic mass is 16.5. The third-order valence-corrected chi connectivity index (χ3v) is 3.16. The monoisotopic (exact) mass is 227 g/mol. The van der Waals surface area contributed by atoms with Crippen molar-refractivity contribution in [2.75, 3.05) is 65.6 Å². The smallest absolute Gasteiger partial charge is 0.160 e. The second-order valence-corrected chi connectivity index (χ2v) is 4.45. The van der Waals surface area contributed by atoms with E-state index >= 15 is 0 Å². The van der Waals surface area contributed by atoms with Gasteiger partial charge in [-0.05, 0) is 0 Å². The van der Waals surface area contributed by atoms with E-state index in [9.17, 15) is 4.79 Å². The summed E-state index contributed by atoms with van der Waals surface area (Å²) in [5, 5.41) is 3.14. The lowest BCUT2D eigenvalue weighted by atomic mass is 10.3. The minimum atomic E-state index is 0.305. The van der Waals surface area contributed by atoms with Crippen molar-refractivity contribution in [1.82, 2.24) is 15.1 Å². The number of hydrogen-bond acceptors (Lipinski definition) is 5. The fraction of sp³-hybridized carbons (Fsp3) is 0.909. The Morgan fingerprint density at radius 1 is 1.12 bits per heavy atom. The number of ether oxygens (including phenoxy) is 1. The second-order valence-electron chi connectivity index (χ2n) is 4.45. The summed E-state index contributed by atoms with van der Waals surface area (Å²) in [7, 11) is 0. The van der Waals surface area contributed by atoms with Gasteiger partial charge in [-0.2, -0.15) is 0 Å². The van der Waals surface area contributed by atoms with Gasteiger partial charge in [-0.25, -0.2) is 0 Å². The van der Waals surface area contributed by atoms with Gasteiger partial charge in [0.15, 0.2) is 5.78 Å². The van der Waals surface area contributed by atoms with Gasteiger partial charge in [0.2, 0.25) is 0 Å². The Morgan fingerprint density at radius 2 is 1.88 bits per heavy atom. The summed E-state index contributed by atoms with van der Waals surface area (Å²) in [4.78, 5) is 16.1. The lowest BCUT2D eigenvalue weighted by Crippen LogP contribution is -2.42. The number of hydrogen-bond donors (Lipinski definition) is 1. The van der Waals surface area contributed by atoms with E-state index in [0.717, 1.165) is 52.5 Å². The van der Waals surface area contributed by atoms with Crippen molar-refractivity contribution >= 4 is 5.78 Å². The molecule has 0 aromatic heterocycles. The standard InChI is InChI=1S/C11H21N3O2/c15-11-9-12-1-2-14(10-11)4-3-13-5-7-16-8-6-13/h12H,1-10H2. The molecule has 0 saturated carbocycles. The van der Waals surface area contributed by atoms with E-state index in [1.165, 1.54) is 0 Å². The van der Waals surface area contributed by atoms with E-state index in [2.05, 4.69) is 15.1 Å². The Kier molecular flexibility index (Phi) is 4.71. The van der Waals surface area contributed by atoms with Crippen LogP contribution in [-0.4, -0.2) is 81.2 Å². The van der Waals surface area contributed by atoms with Crippen LogP contribution < -0.4 is 5.32 Å². The maximum absolute atomic E-state index is 11.4. The molecular formula is C11H21N3O2. The Labute approximate surface area is 96.7 Å². The molecular weight excluding hydrogens is 206 g/mol. The molecule has 0 unspecified atom stereocenters. The number of carbonyl (C=O) groups is 1. The van der Waals surface area contributed by atoms with Crippen molar-refractivity contribution < 1.29 is 9.53 Å². The zero-order valence-corrected chi connectivity index (χ0v) is 9.78. The van der Waals surface area contributed by atoms with Crippen molar-refractivity contribution in [2.45, 2.75) is 0 Å². The molecule has 0 radical (unpaired) electrons. The van der Waals surface area contributed by atoms with Gasteiger partial charge in [0, 0.05) is 39.3 Å². The Bertz CT molecular complexity index is 229. The molecule has 5 heteroatoms. The van der Waals surface area contributed by atoms with Crippen molar-refractivity contribution in [3.8, 4) is 0 Å². The molecule has 92 valence electrons. The summed E-state index contributed by atoms with van der Waals surface area (Å²) >= 11 is 0. The van der Waals surface area contributed by atoms with Crippen molar-refractivity contribution in [3.05, 3.63) is 0 Å². The number of carbonyl (C=O) groups excluding carboxylic acids is 1. The van der Waals surface area contributed by atoms with Crippen LogP contribution in [0, 0.1) is 0 Å². The van der Waals surface area contributed by atoms with Gasteiger partial charge >= 0.3 is 0 Å². The fourth-order valence-electron chi connectivity index (χ4n) is 2.15. The number of morpholine rings is 1. The molecule has 2 rings (SSSR count). The van der Waals surface area contributed by atoms with E-state index in [0.29, 0.717) is 18.9 Å². The van der Waals surface area contributed by atoms with Crippen LogP contribution in [0.5, 0.6) is 0 Å². The van der Waals surface area contributed by atoms with Crippen LogP contribution in [-0.2, 0) is 9.53 Å². The highest BCUT2D eigenvalue weighted by Crippen LogP contribution is 1.98. The molecule has 0 amide bonds. The number of nitrogens with zero attached hydrogens (tertiary/aromatic N) is 2. The lowest BCUT2D eigenvalue weighted by Gasteiger charge is -2.29. The van der Waals surface area contributed by atoms with Crippen molar-refractivity contribution in [3.63, 3.8) is 0 Å². The molecule has 0 aliphatic carbocycles. The first-order valence-corrected chi connectivity index (χ1v) is 6.09. The van der Waals surface area contributed by atoms with Gasteiger partial charge in [0.05, 0.1) is 26.3 Å². The number of rotatable bonds is 3. The zero-order valence-electron chi connectivity index (χ0n) is 9.78. The van der Waals surface area contributed by atoms with E-state index < -0.39 is 0 Å². The van der Waals surface area contributed by atoms with Crippen LogP contribution in [0.15, 0.2) is 0 Å². The van der Waals surface area contributed by atoms with Crippen molar-refractivity contribution in [1.29, 1.82) is 0 Å². The average Bonchev–Trinajstić information content (AvgIpc) is 2.52. The van der Waals surface area contributed by atoms with Crippen LogP contribution in [0.25, 0.3) is 0 Å². The van der Waals surface area contributed by atoms with Gasteiger partial charge in [-0.3, -0.25) is 14.6 Å². The molecule has 2 saturated heterocycles. The SMILES string of the molecule is O=C1CNCCN(CCN2CCOCC2)C1. The van der Waals surface area contributed by atoms with E-state index in [1.807, 2.05) is 0 Å². The highest BCUT2D eigenvalue weighted by Gasteiger charge is 2.16. The Hall–Kier alpha value is -0.490. The summed E-state index contributed by atoms with van der Waals surface area (Å²) in [6.07, 6.45) is 0. The summed E-state index contributed by atoms with van der Waals surface area (Å²) < 4.78 is 5.31. The molecule has 2 aliphatic heterocycles. The van der Waals surface area contributed by atoms with Crippen LogP contribution in [0.3, 0.4) is 0 Å². The lowest BCUT2D eigenvalue weighted by molar-refractivity contribution is -0.118. The quantitative estimate of drug-likeness (QED) is 0.656. The van der Waals surface area contributed by atoms with E-state index in [4.69, 9.17) is 4.74 Å². The van der Waals surface area contributed by atoms with Gasteiger partial charge in [-0.15, -0.1) is 0 Å². The minimum Gasteiger partial charge on any atom is -0.379 e. The molecule has 16 heavy (non-hydrogen) atoms. The van der Waals surface area contributed by atoms with Crippen LogP contribution in [0.4, 0.5) is 0 Å². The first kappa shape index (κ1) is 12.0. The molecule has 0 atom stereocenters. The first-order chi connectivity index (χ1) is 7.84. The molecule has 0 aromatic rings. The fourth-order valence-corrected chi connectivity index (χ4v) is 2.15. The predicted octanol–water partition coefficient (Wildman–Crippen LogP) is -1.21. The van der Waals surface area contributed by atoms with Crippen molar-refractivity contribution in [2.24, 2.45) is 0 Å². The molecule has 0 bridgehead atoms. The van der Waals surface area contributed by atoms with Crippen LogP contribution >= 0.6 is 0 Å². The highest BCUT2D eigenvalue weighted by molar-refractivity contribution is 5.82. The zero-order chi connectivity index (χ0) is 11.2. The molecule has 2 aliphatic rings. The molecule has 0 aromatic carbocycles. The predicted molar refractivity (Wildman–Crippen MR) is 61.6 cm³/mol. The van der Waals surface area contributed by atoms with Gasteiger partial charge < -0.3 is 10.1 Å². The van der Waals surface area contributed by atoms with Gasteiger partial charge in [0.25, 0.3) is 0 Å². The van der Waals surface area contributed by atoms with E-state index in [-0.39, 0.29) is 0 Å². The van der Waals surface area contributed by atoms with E-state index in [1.54, 1.807) is 0 Å². The first-order valence-electron chi connectivity index (χ1n) is 6.09. The summed E-state index contributed by atoms with van der Waals surface area (Å²) in [6.45, 7) is 8.85. The molecule has 2 fully saturated rings. The summed E-state index contributed by atoms with van der Waals surface area (Å²) in [5.41, 5.74) is 0. The number of nitrogens with one attached hydrogen (secondary N) is 1. The molecule has 2 heterocycles.